The molecule has 1 aliphatic heterocycles. The summed E-state index contributed by atoms with van der Waals surface area (Å²) in [6.45, 7) is 4.02. The molecule has 0 amide bonds. The average molecular weight is 217 g/mol. The van der Waals surface area contributed by atoms with Gasteiger partial charge in [0.2, 0.25) is 0 Å². The lowest BCUT2D eigenvalue weighted by Gasteiger charge is -2.32. The first-order chi connectivity index (χ1) is 7.22. The summed E-state index contributed by atoms with van der Waals surface area (Å²) >= 11 is 0. The van der Waals surface area contributed by atoms with E-state index in [-0.39, 0.29) is 12.5 Å². The molecule has 88 valence electrons. The number of carboxylic acids is 1. The van der Waals surface area contributed by atoms with Crippen LogP contribution in [0.15, 0.2) is 0 Å². The number of morpholine rings is 1. The molecule has 0 spiro atoms. The molecule has 1 N–H and O–H groups in total. The lowest BCUT2D eigenvalue weighted by Crippen LogP contribution is -2.43. The molecule has 0 aromatic carbocycles. The molecule has 0 saturated carbocycles. The Hall–Kier alpha value is -0.650. The predicted molar refractivity (Wildman–Crippen MR) is 54.9 cm³/mol. The van der Waals surface area contributed by atoms with Crippen LogP contribution in [0.1, 0.15) is 12.8 Å². The zero-order valence-corrected chi connectivity index (χ0v) is 9.15. The van der Waals surface area contributed by atoms with E-state index < -0.39 is 5.97 Å². The Balaban J connectivity index is 2.19. The number of methoxy groups -OCH3 is 1. The summed E-state index contributed by atoms with van der Waals surface area (Å²) in [6, 6.07) is 0. The molecule has 0 aromatic heterocycles. The van der Waals surface area contributed by atoms with Crippen molar-refractivity contribution in [1.29, 1.82) is 0 Å². The van der Waals surface area contributed by atoms with E-state index in [1.807, 2.05) is 0 Å². The van der Waals surface area contributed by atoms with Gasteiger partial charge in [-0.2, -0.15) is 0 Å². The lowest BCUT2D eigenvalue weighted by atomic mass is 10.1. The zero-order valence-electron chi connectivity index (χ0n) is 9.15. The van der Waals surface area contributed by atoms with Crippen LogP contribution in [0.4, 0.5) is 0 Å². The van der Waals surface area contributed by atoms with Crippen LogP contribution in [0.25, 0.3) is 0 Å². The quantitative estimate of drug-likeness (QED) is 0.688. The lowest BCUT2D eigenvalue weighted by molar-refractivity contribution is -0.138. The van der Waals surface area contributed by atoms with Gasteiger partial charge in [-0.05, 0) is 6.42 Å². The van der Waals surface area contributed by atoms with Crippen molar-refractivity contribution in [2.24, 2.45) is 0 Å². The molecule has 1 saturated heterocycles. The molecule has 1 heterocycles. The van der Waals surface area contributed by atoms with Crippen molar-refractivity contribution in [3.63, 3.8) is 0 Å². The van der Waals surface area contributed by atoms with E-state index in [2.05, 4.69) is 4.90 Å². The molecular formula is C10H19NO4. The Bertz CT molecular complexity index is 198. The van der Waals surface area contributed by atoms with E-state index in [1.54, 1.807) is 7.11 Å². The Labute approximate surface area is 90.0 Å². The van der Waals surface area contributed by atoms with Crippen LogP contribution in [-0.2, 0) is 14.3 Å². The van der Waals surface area contributed by atoms with Crippen LogP contribution in [0.3, 0.4) is 0 Å². The third kappa shape index (κ3) is 5.11. The Morgan fingerprint density at radius 2 is 2.47 bits per heavy atom. The standard InChI is InChI=1S/C10H19NO4/c1-14-6-4-11-5-7-15-9(8-11)2-3-10(12)13/h9H,2-8H2,1H3,(H,12,13). The van der Waals surface area contributed by atoms with Crippen LogP contribution in [0, 0.1) is 0 Å². The molecule has 1 fully saturated rings. The second kappa shape index (κ2) is 6.76. The maximum Gasteiger partial charge on any atom is 0.303 e. The van der Waals surface area contributed by atoms with Gasteiger partial charge in [-0.25, -0.2) is 0 Å². The zero-order chi connectivity index (χ0) is 11.1. The SMILES string of the molecule is COCCN1CCOC(CCC(=O)O)C1. The first kappa shape index (κ1) is 12.4. The van der Waals surface area contributed by atoms with Gasteiger partial charge in [0.05, 0.1) is 19.3 Å². The van der Waals surface area contributed by atoms with Gasteiger partial charge < -0.3 is 14.6 Å². The van der Waals surface area contributed by atoms with Crippen molar-refractivity contribution in [3.8, 4) is 0 Å². The number of hydrogen-bond donors (Lipinski definition) is 1. The van der Waals surface area contributed by atoms with Gasteiger partial charge in [-0.15, -0.1) is 0 Å². The van der Waals surface area contributed by atoms with Crippen molar-refractivity contribution in [1.82, 2.24) is 4.90 Å². The molecule has 1 atom stereocenters. The van der Waals surface area contributed by atoms with Crippen LogP contribution in [0.2, 0.25) is 0 Å². The highest BCUT2D eigenvalue weighted by atomic mass is 16.5. The van der Waals surface area contributed by atoms with E-state index in [9.17, 15) is 4.79 Å². The summed E-state index contributed by atoms with van der Waals surface area (Å²) in [6.07, 6.45) is 0.841. The van der Waals surface area contributed by atoms with Gasteiger partial charge in [0, 0.05) is 33.2 Å². The average Bonchev–Trinajstić information content (AvgIpc) is 2.24. The third-order valence-electron chi connectivity index (χ3n) is 2.51. The molecule has 0 aromatic rings. The minimum Gasteiger partial charge on any atom is -0.481 e. The smallest absolute Gasteiger partial charge is 0.303 e. The number of ether oxygens (including phenoxy) is 2. The summed E-state index contributed by atoms with van der Waals surface area (Å²) < 4.78 is 10.5. The molecule has 15 heavy (non-hydrogen) atoms. The van der Waals surface area contributed by atoms with Crippen molar-refractivity contribution in [2.75, 3.05) is 40.0 Å². The summed E-state index contributed by atoms with van der Waals surface area (Å²) in [5.41, 5.74) is 0. The third-order valence-corrected chi connectivity index (χ3v) is 2.51. The van der Waals surface area contributed by atoms with Gasteiger partial charge in [0.15, 0.2) is 0 Å². The number of carbonyl (C=O) groups is 1. The van der Waals surface area contributed by atoms with Crippen LogP contribution >= 0.6 is 0 Å². The topological polar surface area (TPSA) is 59.0 Å². The minimum atomic E-state index is -0.757. The fourth-order valence-electron chi connectivity index (χ4n) is 1.66. The first-order valence-corrected chi connectivity index (χ1v) is 5.27. The summed E-state index contributed by atoms with van der Waals surface area (Å²) in [5.74, 6) is -0.757. The minimum absolute atomic E-state index is 0.0618. The second-order valence-corrected chi connectivity index (χ2v) is 3.72. The number of nitrogens with zero attached hydrogens (tertiary/aromatic N) is 1. The maximum atomic E-state index is 10.4. The second-order valence-electron chi connectivity index (χ2n) is 3.72. The van der Waals surface area contributed by atoms with Crippen molar-refractivity contribution >= 4 is 5.97 Å². The number of hydrogen-bond acceptors (Lipinski definition) is 4. The highest BCUT2D eigenvalue weighted by Gasteiger charge is 2.20. The van der Waals surface area contributed by atoms with Gasteiger partial charge in [-0.1, -0.05) is 0 Å². The van der Waals surface area contributed by atoms with Crippen molar-refractivity contribution < 1.29 is 19.4 Å². The number of aliphatic carboxylic acids is 1. The van der Waals surface area contributed by atoms with E-state index in [0.29, 0.717) is 19.6 Å². The van der Waals surface area contributed by atoms with Crippen LogP contribution in [0.5, 0.6) is 0 Å². The number of rotatable bonds is 6. The van der Waals surface area contributed by atoms with Crippen molar-refractivity contribution in [2.45, 2.75) is 18.9 Å². The van der Waals surface area contributed by atoms with Crippen LogP contribution in [-0.4, -0.2) is 62.0 Å². The van der Waals surface area contributed by atoms with Crippen LogP contribution < -0.4 is 0 Å². The van der Waals surface area contributed by atoms with E-state index in [1.165, 1.54) is 0 Å². The molecule has 5 heteroatoms. The predicted octanol–water partition coefficient (Wildman–Crippen LogP) is 0.198. The molecule has 0 bridgehead atoms. The maximum absolute atomic E-state index is 10.4. The number of carboxylic acid groups (broad SMARTS) is 1. The molecule has 1 rings (SSSR count). The highest BCUT2D eigenvalue weighted by molar-refractivity contribution is 5.66. The van der Waals surface area contributed by atoms with Gasteiger partial charge >= 0.3 is 5.97 Å². The van der Waals surface area contributed by atoms with Gasteiger partial charge in [0.1, 0.15) is 0 Å². The van der Waals surface area contributed by atoms with Crippen molar-refractivity contribution in [3.05, 3.63) is 0 Å². The monoisotopic (exact) mass is 217 g/mol. The van der Waals surface area contributed by atoms with E-state index >= 15 is 0 Å². The molecular weight excluding hydrogens is 198 g/mol. The summed E-state index contributed by atoms with van der Waals surface area (Å²) in [5, 5.41) is 8.56. The molecule has 0 radical (unpaired) electrons. The normalized spacial score (nSPS) is 22.9. The van der Waals surface area contributed by atoms with E-state index in [4.69, 9.17) is 14.6 Å². The Kier molecular flexibility index (Phi) is 5.60. The van der Waals surface area contributed by atoms with E-state index in [0.717, 1.165) is 19.6 Å². The Morgan fingerprint density at radius 1 is 1.67 bits per heavy atom. The molecule has 5 nitrogen and oxygen atoms in total. The van der Waals surface area contributed by atoms with Gasteiger partial charge in [0.25, 0.3) is 0 Å². The Morgan fingerprint density at radius 3 is 3.13 bits per heavy atom. The molecule has 1 aliphatic rings. The fourth-order valence-corrected chi connectivity index (χ4v) is 1.66. The summed E-state index contributed by atoms with van der Waals surface area (Å²) in [7, 11) is 1.68. The highest BCUT2D eigenvalue weighted by Crippen LogP contribution is 2.10. The first-order valence-electron chi connectivity index (χ1n) is 5.27. The largest absolute Gasteiger partial charge is 0.481 e. The summed E-state index contributed by atoms with van der Waals surface area (Å²) in [4.78, 5) is 12.7. The van der Waals surface area contributed by atoms with Gasteiger partial charge in [-0.3, -0.25) is 9.69 Å². The molecule has 0 aliphatic carbocycles. The fraction of sp³-hybridized carbons (Fsp3) is 0.900. The molecule has 1 unspecified atom stereocenters.